The van der Waals surface area contributed by atoms with Crippen molar-refractivity contribution in [3.63, 3.8) is 0 Å². The van der Waals surface area contributed by atoms with E-state index < -0.39 is 11.5 Å². The predicted octanol–water partition coefficient (Wildman–Crippen LogP) is 1.22. The van der Waals surface area contributed by atoms with Crippen molar-refractivity contribution in [2.75, 3.05) is 13.1 Å². The molecule has 0 spiro atoms. The van der Waals surface area contributed by atoms with Crippen LogP contribution in [0.4, 0.5) is 4.79 Å². The molecule has 0 aromatic carbocycles. The Labute approximate surface area is 119 Å². The van der Waals surface area contributed by atoms with Crippen LogP contribution in [-0.4, -0.2) is 41.8 Å². The first-order valence-corrected chi connectivity index (χ1v) is 7.65. The summed E-state index contributed by atoms with van der Waals surface area (Å²) in [6.45, 7) is 1.47. The van der Waals surface area contributed by atoms with Crippen LogP contribution in [0.15, 0.2) is 0 Å². The van der Waals surface area contributed by atoms with Crippen LogP contribution in [0.2, 0.25) is 0 Å². The van der Waals surface area contributed by atoms with E-state index in [1.165, 1.54) is 12.8 Å². The molecule has 2 fully saturated rings. The van der Waals surface area contributed by atoms with Crippen molar-refractivity contribution in [1.82, 2.24) is 16.0 Å². The maximum absolute atomic E-state index is 11.8. The number of urea groups is 1. The monoisotopic (exact) mass is 283 g/mol. The first kappa shape index (κ1) is 15.1. The van der Waals surface area contributed by atoms with Gasteiger partial charge in [-0.15, -0.1) is 0 Å². The van der Waals surface area contributed by atoms with Crippen molar-refractivity contribution in [3.8, 4) is 0 Å². The Hall–Kier alpha value is -1.30. The van der Waals surface area contributed by atoms with Gasteiger partial charge >= 0.3 is 12.0 Å². The quantitative estimate of drug-likeness (QED) is 0.529. The van der Waals surface area contributed by atoms with E-state index in [1.54, 1.807) is 0 Å². The number of carbonyl (C=O) groups is 2. The lowest BCUT2D eigenvalue weighted by atomic mass is 9.82. The van der Waals surface area contributed by atoms with Crippen LogP contribution >= 0.6 is 0 Å². The van der Waals surface area contributed by atoms with Gasteiger partial charge in [-0.25, -0.2) is 9.59 Å². The lowest BCUT2D eigenvalue weighted by molar-refractivity contribution is -0.145. The zero-order valence-corrected chi connectivity index (χ0v) is 11.9. The van der Waals surface area contributed by atoms with Crippen LogP contribution in [0.1, 0.15) is 51.4 Å². The molecule has 2 saturated carbocycles. The average Bonchev–Trinajstić information content (AvgIpc) is 3.23. The van der Waals surface area contributed by atoms with E-state index in [-0.39, 0.29) is 6.03 Å². The fraction of sp³-hybridized carbons (Fsp3) is 0.857. The van der Waals surface area contributed by atoms with Crippen molar-refractivity contribution in [3.05, 3.63) is 0 Å². The predicted molar refractivity (Wildman–Crippen MR) is 75.6 cm³/mol. The number of hydrogen-bond donors (Lipinski definition) is 4. The van der Waals surface area contributed by atoms with Gasteiger partial charge in [-0.2, -0.15) is 0 Å². The van der Waals surface area contributed by atoms with Gasteiger partial charge in [0.05, 0.1) is 0 Å². The number of nitrogens with one attached hydrogen (secondary N) is 3. The fourth-order valence-corrected chi connectivity index (χ4v) is 2.69. The summed E-state index contributed by atoms with van der Waals surface area (Å²) >= 11 is 0. The van der Waals surface area contributed by atoms with E-state index in [4.69, 9.17) is 0 Å². The van der Waals surface area contributed by atoms with Gasteiger partial charge < -0.3 is 21.1 Å². The molecule has 6 nitrogen and oxygen atoms in total. The lowest BCUT2D eigenvalue weighted by Gasteiger charge is -2.33. The number of carboxylic acid groups (broad SMARTS) is 1. The van der Waals surface area contributed by atoms with E-state index in [0.717, 1.165) is 32.2 Å². The summed E-state index contributed by atoms with van der Waals surface area (Å²) in [6, 6.07) is 0.321. The van der Waals surface area contributed by atoms with E-state index in [2.05, 4.69) is 16.0 Å². The van der Waals surface area contributed by atoms with Gasteiger partial charge in [-0.3, -0.25) is 0 Å². The zero-order chi connectivity index (χ0) is 14.4. The van der Waals surface area contributed by atoms with Gasteiger partial charge in [0.1, 0.15) is 5.54 Å². The van der Waals surface area contributed by atoms with Crippen LogP contribution in [0, 0.1) is 0 Å². The molecule has 0 atom stereocenters. The molecule has 0 unspecified atom stereocenters. The topological polar surface area (TPSA) is 90.5 Å². The van der Waals surface area contributed by atoms with Gasteiger partial charge in [-0.1, -0.05) is 19.3 Å². The molecular formula is C14H25N3O3. The summed E-state index contributed by atoms with van der Waals surface area (Å²) in [5.41, 5.74) is -1.06. The van der Waals surface area contributed by atoms with Crippen LogP contribution in [0.25, 0.3) is 0 Å². The van der Waals surface area contributed by atoms with Crippen molar-refractivity contribution >= 4 is 12.0 Å². The molecule has 0 aromatic rings. The number of rotatable bonds is 7. The fourth-order valence-electron chi connectivity index (χ4n) is 2.69. The van der Waals surface area contributed by atoms with Gasteiger partial charge in [0, 0.05) is 12.6 Å². The number of amides is 2. The zero-order valence-electron chi connectivity index (χ0n) is 11.9. The second-order valence-corrected chi connectivity index (χ2v) is 5.91. The number of aliphatic carboxylic acids is 1. The molecule has 0 bridgehead atoms. The summed E-state index contributed by atoms with van der Waals surface area (Å²) in [7, 11) is 0. The van der Waals surface area contributed by atoms with E-state index in [1.807, 2.05) is 0 Å². The molecule has 20 heavy (non-hydrogen) atoms. The molecule has 2 aliphatic carbocycles. The maximum atomic E-state index is 11.8. The molecule has 0 aromatic heterocycles. The summed E-state index contributed by atoms with van der Waals surface area (Å²) in [4.78, 5) is 23.2. The highest BCUT2D eigenvalue weighted by atomic mass is 16.4. The van der Waals surface area contributed by atoms with E-state index in [9.17, 15) is 14.7 Å². The SMILES string of the molecule is O=C(NCCCNC1CC1)NC1(C(=O)O)CCCCC1. The first-order chi connectivity index (χ1) is 9.62. The summed E-state index contributed by atoms with van der Waals surface area (Å²) < 4.78 is 0. The third kappa shape index (κ3) is 4.37. The highest BCUT2D eigenvalue weighted by Crippen LogP contribution is 2.28. The average molecular weight is 283 g/mol. The minimum Gasteiger partial charge on any atom is -0.480 e. The van der Waals surface area contributed by atoms with Crippen molar-refractivity contribution < 1.29 is 14.7 Å². The van der Waals surface area contributed by atoms with Crippen molar-refractivity contribution in [1.29, 1.82) is 0 Å². The van der Waals surface area contributed by atoms with E-state index in [0.29, 0.717) is 25.4 Å². The van der Waals surface area contributed by atoms with Crippen molar-refractivity contribution in [2.45, 2.75) is 62.9 Å². The molecule has 0 aliphatic heterocycles. The van der Waals surface area contributed by atoms with Crippen LogP contribution in [0.5, 0.6) is 0 Å². The molecule has 0 radical (unpaired) electrons. The molecule has 114 valence electrons. The Morgan fingerprint density at radius 3 is 2.40 bits per heavy atom. The standard InChI is InChI=1S/C14H25N3O3/c18-12(19)14(7-2-1-3-8-14)17-13(20)16-10-4-9-15-11-5-6-11/h11,15H,1-10H2,(H,18,19)(H2,16,17,20). The van der Waals surface area contributed by atoms with Gasteiger partial charge in [-0.05, 0) is 38.6 Å². The smallest absolute Gasteiger partial charge is 0.329 e. The van der Waals surface area contributed by atoms with Crippen LogP contribution in [-0.2, 0) is 4.79 Å². The largest absolute Gasteiger partial charge is 0.480 e. The Morgan fingerprint density at radius 1 is 1.10 bits per heavy atom. The van der Waals surface area contributed by atoms with Crippen LogP contribution in [0.3, 0.4) is 0 Å². The molecule has 0 saturated heterocycles. The van der Waals surface area contributed by atoms with Crippen LogP contribution < -0.4 is 16.0 Å². The molecule has 2 rings (SSSR count). The molecule has 2 aliphatic rings. The van der Waals surface area contributed by atoms with Gasteiger partial charge in [0.25, 0.3) is 0 Å². The Morgan fingerprint density at radius 2 is 1.80 bits per heavy atom. The number of carboxylic acids is 1. The van der Waals surface area contributed by atoms with Gasteiger partial charge in [0.2, 0.25) is 0 Å². The third-order valence-corrected chi connectivity index (χ3v) is 4.12. The normalized spacial score (nSPS) is 21.2. The minimum absolute atomic E-state index is 0.360. The lowest BCUT2D eigenvalue weighted by Crippen LogP contribution is -2.58. The van der Waals surface area contributed by atoms with E-state index >= 15 is 0 Å². The highest BCUT2D eigenvalue weighted by Gasteiger charge is 2.40. The Kier molecular flexibility index (Phi) is 5.23. The molecule has 2 amide bonds. The molecule has 6 heteroatoms. The second-order valence-electron chi connectivity index (χ2n) is 5.91. The Bertz CT molecular complexity index is 350. The molecular weight excluding hydrogens is 258 g/mol. The van der Waals surface area contributed by atoms with Crippen molar-refractivity contribution in [2.24, 2.45) is 0 Å². The molecule has 4 N–H and O–H groups in total. The highest BCUT2D eigenvalue weighted by molar-refractivity contribution is 5.86. The Balaban J connectivity index is 1.66. The third-order valence-electron chi connectivity index (χ3n) is 4.12. The number of hydrogen-bond acceptors (Lipinski definition) is 3. The summed E-state index contributed by atoms with van der Waals surface area (Å²) in [6.07, 6.45) is 7.20. The maximum Gasteiger partial charge on any atom is 0.329 e. The summed E-state index contributed by atoms with van der Waals surface area (Å²) in [5, 5.41) is 18.2. The summed E-state index contributed by atoms with van der Waals surface area (Å²) in [5.74, 6) is -0.914. The first-order valence-electron chi connectivity index (χ1n) is 7.65. The van der Waals surface area contributed by atoms with Gasteiger partial charge in [0.15, 0.2) is 0 Å². The number of carbonyl (C=O) groups excluding carboxylic acids is 1. The molecule has 0 heterocycles. The minimum atomic E-state index is -1.06. The second kappa shape index (κ2) is 6.92.